The Kier molecular flexibility index (Phi) is 4.25. The molecule has 102 valence electrons. The molecule has 0 bridgehead atoms. The van der Waals surface area contributed by atoms with Gasteiger partial charge in [-0.1, -0.05) is 23.2 Å². The van der Waals surface area contributed by atoms with Gasteiger partial charge in [0.15, 0.2) is 11.6 Å². The van der Waals surface area contributed by atoms with Crippen LogP contribution in [0.5, 0.6) is 0 Å². The van der Waals surface area contributed by atoms with Crippen LogP contribution in [0.3, 0.4) is 0 Å². The van der Waals surface area contributed by atoms with Crippen molar-refractivity contribution in [3.8, 4) is 6.07 Å². The van der Waals surface area contributed by atoms with Crippen molar-refractivity contribution in [2.24, 2.45) is 5.84 Å². The lowest BCUT2D eigenvalue weighted by molar-refractivity contribution is 0.624. The number of hydrogen-bond acceptors (Lipinski definition) is 5. The first-order valence-corrected chi connectivity index (χ1v) is 6.10. The first-order valence-electron chi connectivity index (χ1n) is 5.34. The van der Waals surface area contributed by atoms with Crippen LogP contribution in [0.4, 0.5) is 21.7 Å². The van der Waals surface area contributed by atoms with Gasteiger partial charge in [-0.05, 0) is 24.3 Å². The molecule has 0 atom stereocenters. The molecule has 0 radical (unpaired) electrons. The summed E-state index contributed by atoms with van der Waals surface area (Å²) in [5.74, 6) is 5.18. The van der Waals surface area contributed by atoms with Crippen molar-refractivity contribution in [1.82, 2.24) is 4.98 Å². The smallest absolute Gasteiger partial charge is 0.161 e. The molecular formula is C12H8Cl2FN5. The fraction of sp³-hybridized carbons (Fsp3) is 0. The lowest BCUT2D eigenvalue weighted by atomic mass is 10.2. The van der Waals surface area contributed by atoms with Crippen LogP contribution in [0.1, 0.15) is 5.56 Å². The average Bonchev–Trinajstić information content (AvgIpc) is 2.43. The summed E-state index contributed by atoms with van der Waals surface area (Å²) in [4.78, 5) is 4.08. The van der Waals surface area contributed by atoms with Gasteiger partial charge in [0, 0.05) is 5.69 Å². The van der Waals surface area contributed by atoms with E-state index in [1.165, 1.54) is 24.3 Å². The van der Waals surface area contributed by atoms with Gasteiger partial charge < -0.3 is 10.7 Å². The summed E-state index contributed by atoms with van der Waals surface area (Å²) in [5, 5.41) is 12.2. The molecule has 20 heavy (non-hydrogen) atoms. The second-order valence-electron chi connectivity index (χ2n) is 3.72. The number of nitrogens with two attached hydrogens (primary N) is 1. The molecule has 0 saturated carbocycles. The molecule has 0 amide bonds. The van der Waals surface area contributed by atoms with Gasteiger partial charge in [-0.3, -0.25) is 0 Å². The zero-order valence-electron chi connectivity index (χ0n) is 9.92. The highest BCUT2D eigenvalue weighted by Crippen LogP contribution is 2.30. The molecule has 0 fully saturated rings. The SMILES string of the molecule is N#Cc1cc(Nc2nc(NN)c(Cl)cc2Cl)ccc1F. The van der Waals surface area contributed by atoms with Gasteiger partial charge in [-0.2, -0.15) is 5.26 Å². The molecule has 0 aliphatic heterocycles. The highest BCUT2D eigenvalue weighted by atomic mass is 35.5. The van der Waals surface area contributed by atoms with E-state index in [4.69, 9.17) is 34.3 Å². The van der Waals surface area contributed by atoms with Crippen molar-refractivity contribution < 1.29 is 4.39 Å². The van der Waals surface area contributed by atoms with Gasteiger partial charge in [0.25, 0.3) is 0 Å². The number of hydrogen-bond donors (Lipinski definition) is 3. The Morgan fingerprint density at radius 2 is 1.90 bits per heavy atom. The Labute approximate surface area is 124 Å². The van der Waals surface area contributed by atoms with E-state index >= 15 is 0 Å². The Bertz CT molecular complexity index is 699. The Morgan fingerprint density at radius 1 is 1.20 bits per heavy atom. The monoisotopic (exact) mass is 311 g/mol. The van der Waals surface area contributed by atoms with Crippen molar-refractivity contribution in [1.29, 1.82) is 5.26 Å². The summed E-state index contributed by atoms with van der Waals surface area (Å²) in [6, 6.07) is 7.18. The Balaban J connectivity index is 2.37. The maximum Gasteiger partial charge on any atom is 0.161 e. The Morgan fingerprint density at radius 3 is 2.55 bits per heavy atom. The lowest BCUT2D eigenvalue weighted by Gasteiger charge is -2.11. The number of pyridine rings is 1. The minimum atomic E-state index is -0.600. The number of aromatic nitrogens is 1. The minimum absolute atomic E-state index is 0.0859. The predicted molar refractivity (Wildman–Crippen MR) is 76.5 cm³/mol. The van der Waals surface area contributed by atoms with Crippen LogP contribution in [0.25, 0.3) is 0 Å². The zero-order valence-corrected chi connectivity index (χ0v) is 11.4. The maximum absolute atomic E-state index is 13.2. The second-order valence-corrected chi connectivity index (χ2v) is 4.54. The average molecular weight is 312 g/mol. The van der Waals surface area contributed by atoms with Crippen LogP contribution in [-0.2, 0) is 0 Å². The van der Waals surface area contributed by atoms with Gasteiger partial charge in [0.05, 0.1) is 15.6 Å². The van der Waals surface area contributed by atoms with Gasteiger partial charge >= 0.3 is 0 Å². The molecule has 0 aliphatic rings. The minimum Gasteiger partial charge on any atom is -0.339 e. The first-order chi connectivity index (χ1) is 9.55. The first kappa shape index (κ1) is 14.3. The number of nitrogen functional groups attached to an aromatic ring is 1. The largest absolute Gasteiger partial charge is 0.339 e. The molecule has 1 heterocycles. The van der Waals surface area contributed by atoms with Crippen LogP contribution in [0.15, 0.2) is 24.3 Å². The van der Waals surface area contributed by atoms with Gasteiger partial charge in [-0.15, -0.1) is 0 Å². The van der Waals surface area contributed by atoms with Crippen LogP contribution in [0, 0.1) is 17.1 Å². The molecule has 0 spiro atoms. The van der Waals surface area contributed by atoms with Crippen molar-refractivity contribution in [2.75, 3.05) is 10.7 Å². The third-order valence-corrected chi connectivity index (χ3v) is 2.99. The number of nitrogens with zero attached hydrogens (tertiary/aromatic N) is 2. The van der Waals surface area contributed by atoms with Gasteiger partial charge in [0.1, 0.15) is 11.9 Å². The third-order valence-electron chi connectivity index (χ3n) is 2.42. The van der Waals surface area contributed by atoms with Crippen LogP contribution in [-0.4, -0.2) is 4.98 Å². The van der Waals surface area contributed by atoms with E-state index in [1.54, 1.807) is 6.07 Å². The van der Waals surface area contributed by atoms with Crippen molar-refractivity contribution >= 4 is 40.5 Å². The van der Waals surface area contributed by atoms with E-state index in [1.807, 2.05) is 0 Å². The number of nitrogens with one attached hydrogen (secondary N) is 2. The van der Waals surface area contributed by atoms with E-state index in [0.717, 1.165) is 0 Å². The van der Waals surface area contributed by atoms with Crippen LogP contribution >= 0.6 is 23.2 Å². The molecule has 1 aromatic carbocycles. The molecule has 4 N–H and O–H groups in total. The topological polar surface area (TPSA) is 86.8 Å². The number of rotatable bonds is 3. The van der Waals surface area contributed by atoms with E-state index in [0.29, 0.717) is 5.69 Å². The number of halogens is 3. The molecule has 2 aromatic rings. The Hall–Kier alpha value is -2.07. The number of nitriles is 1. The number of anilines is 3. The standard InChI is InChI=1S/C12H8Cl2FN5/c13-8-4-9(14)12(20-17)19-11(8)18-7-1-2-10(15)6(3-7)5-16/h1-4H,17H2,(H2,18,19,20). The third kappa shape index (κ3) is 2.91. The second kappa shape index (κ2) is 5.92. The summed E-state index contributed by atoms with van der Waals surface area (Å²) in [5.41, 5.74) is 2.70. The molecule has 0 saturated heterocycles. The highest BCUT2D eigenvalue weighted by Gasteiger charge is 2.10. The summed E-state index contributed by atoms with van der Waals surface area (Å²) in [7, 11) is 0. The summed E-state index contributed by atoms with van der Waals surface area (Å²) in [6.07, 6.45) is 0. The van der Waals surface area contributed by atoms with Gasteiger partial charge in [0.2, 0.25) is 0 Å². The predicted octanol–water partition coefficient (Wildman–Crippen LogP) is 3.43. The zero-order chi connectivity index (χ0) is 14.7. The van der Waals surface area contributed by atoms with Crippen molar-refractivity contribution in [3.63, 3.8) is 0 Å². The fourth-order valence-electron chi connectivity index (χ4n) is 1.48. The van der Waals surface area contributed by atoms with Crippen molar-refractivity contribution in [2.45, 2.75) is 0 Å². The molecule has 0 aliphatic carbocycles. The molecule has 8 heteroatoms. The molecule has 2 rings (SSSR count). The number of hydrazine groups is 1. The summed E-state index contributed by atoms with van der Waals surface area (Å²) in [6.45, 7) is 0. The molecule has 1 aromatic heterocycles. The fourth-order valence-corrected chi connectivity index (χ4v) is 1.94. The molecular weight excluding hydrogens is 304 g/mol. The lowest BCUT2D eigenvalue weighted by Crippen LogP contribution is -2.10. The number of benzene rings is 1. The van der Waals surface area contributed by atoms with Crippen molar-refractivity contribution in [3.05, 3.63) is 45.7 Å². The van der Waals surface area contributed by atoms with E-state index in [2.05, 4.69) is 15.7 Å². The summed E-state index contributed by atoms with van der Waals surface area (Å²) >= 11 is 11.9. The van der Waals surface area contributed by atoms with E-state index < -0.39 is 5.82 Å². The van der Waals surface area contributed by atoms with Gasteiger partial charge in [-0.25, -0.2) is 15.2 Å². The highest BCUT2D eigenvalue weighted by molar-refractivity contribution is 6.37. The quantitative estimate of drug-likeness (QED) is 0.597. The van der Waals surface area contributed by atoms with Crippen LogP contribution in [0.2, 0.25) is 10.0 Å². The van der Waals surface area contributed by atoms with E-state index in [9.17, 15) is 4.39 Å². The summed E-state index contributed by atoms with van der Waals surface area (Å²) < 4.78 is 13.2. The molecule has 0 unspecified atom stereocenters. The van der Waals surface area contributed by atoms with Crippen LogP contribution < -0.4 is 16.6 Å². The normalized spacial score (nSPS) is 9.95. The molecule has 5 nitrogen and oxygen atoms in total. The van der Waals surface area contributed by atoms with E-state index in [-0.39, 0.29) is 27.2 Å². The maximum atomic E-state index is 13.2.